The Hall–Kier alpha value is -2.19. The summed E-state index contributed by atoms with van der Waals surface area (Å²) in [5, 5.41) is 4.48. The number of nitrogens with zero attached hydrogens (tertiary/aromatic N) is 4. The molecule has 2 rings (SSSR count). The van der Waals surface area contributed by atoms with Crippen LogP contribution in [0.15, 0.2) is 30.7 Å². The monoisotopic (exact) mass is 367 g/mol. The second-order valence-electron chi connectivity index (χ2n) is 4.87. The fourth-order valence-electron chi connectivity index (χ4n) is 2.16. The molecule has 0 atom stereocenters. The lowest BCUT2D eigenvalue weighted by Gasteiger charge is -2.19. The molecule has 0 radical (unpaired) electrons. The van der Waals surface area contributed by atoms with Crippen LogP contribution in [-0.2, 0) is 9.53 Å². The molecule has 7 nitrogen and oxygen atoms in total. The van der Waals surface area contributed by atoms with Gasteiger partial charge < -0.3 is 15.4 Å². The summed E-state index contributed by atoms with van der Waals surface area (Å²) in [4.78, 5) is 18.0. The molecular formula is C15H18ClN5O2S. The van der Waals surface area contributed by atoms with E-state index in [4.69, 9.17) is 22.1 Å². The van der Waals surface area contributed by atoms with E-state index in [-0.39, 0.29) is 16.2 Å². The van der Waals surface area contributed by atoms with Gasteiger partial charge in [-0.1, -0.05) is 11.6 Å². The number of halogens is 1. The molecule has 2 aromatic heterocycles. The van der Waals surface area contributed by atoms with Gasteiger partial charge in [0.05, 0.1) is 24.7 Å². The van der Waals surface area contributed by atoms with Gasteiger partial charge in [-0.25, -0.2) is 4.68 Å². The van der Waals surface area contributed by atoms with Crippen molar-refractivity contribution in [3.8, 4) is 5.69 Å². The Labute approximate surface area is 150 Å². The van der Waals surface area contributed by atoms with Gasteiger partial charge in [-0.2, -0.15) is 5.10 Å². The van der Waals surface area contributed by atoms with Crippen LogP contribution in [0.1, 0.15) is 19.8 Å². The second kappa shape index (κ2) is 8.60. The van der Waals surface area contributed by atoms with Crippen molar-refractivity contribution in [3.63, 3.8) is 0 Å². The molecule has 0 unspecified atom stereocenters. The summed E-state index contributed by atoms with van der Waals surface area (Å²) in [5.74, 6) is -0.0725. The van der Waals surface area contributed by atoms with Gasteiger partial charge in [0.25, 0.3) is 5.17 Å². The number of aromatic nitrogens is 3. The van der Waals surface area contributed by atoms with E-state index < -0.39 is 0 Å². The minimum atomic E-state index is -0.0725. The van der Waals surface area contributed by atoms with Crippen LogP contribution in [-0.4, -0.2) is 39.0 Å². The average molecular weight is 368 g/mol. The lowest BCUT2D eigenvalue weighted by Crippen LogP contribution is -2.30. The number of nitrogens with two attached hydrogens (primary N) is 1. The maximum absolute atomic E-state index is 12.4. The Morgan fingerprint density at radius 2 is 2.33 bits per heavy atom. The van der Waals surface area contributed by atoms with Crippen molar-refractivity contribution in [2.75, 3.05) is 18.1 Å². The molecule has 0 saturated heterocycles. The number of pyridine rings is 1. The third-order valence-corrected chi connectivity index (χ3v) is 3.64. The standard InChI is InChI=1S/C15H18ClN5O2S/c1-2-20(13(22)6-4-8-23-15(17)24)12-10-21(19-14(12)16)11-5-3-7-18-9-11/h3,5,7,9-10H,2,4,6,8H2,1H3,(H2,17,24). The fraction of sp³-hybridized carbons (Fsp3) is 0.333. The number of thiocarbonyl (C=S) groups is 1. The van der Waals surface area contributed by atoms with E-state index in [1.807, 2.05) is 13.0 Å². The van der Waals surface area contributed by atoms with Crippen molar-refractivity contribution >= 4 is 40.6 Å². The van der Waals surface area contributed by atoms with E-state index >= 15 is 0 Å². The van der Waals surface area contributed by atoms with Crippen molar-refractivity contribution in [2.24, 2.45) is 5.73 Å². The number of hydrogen-bond acceptors (Lipinski definition) is 5. The highest BCUT2D eigenvalue weighted by Gasteiger charge is 2.20. The van der Waals surface area contributed by atoms with E-state index in [0.29, 0.717) is 31.7 Å². The number of anilines is 1. The maximum Gasteiger partial charge on any atom is 0.253 e. The van der Waals surface area contributed by atoms with Crippen molar-refractivity contribution in [3.05, 3.63) is 35.9 Å². The molecule has 2 N–H and O–H groups in total. The summed E-state index contributed by atoms with van der Waals surface area (Å²) in [7, 11) is 0. The summed E-state index contributed by atoms with van der Waals surface area (Å²) < 4.78 is 6.58. The zero-order chi connectivity index (χ0) is 17.5. The van der Waals surface area contributed by atoms with E-state index in [9.17, 15) is 4.79 Å². The SMILES string of the molecule is CCN(C(=O)CCCOC(N)=S)c1cn(-c2cccnc2)nc1Cl. The van der Waals surface area contributed by atoms with Crippen LogP contribution in [0.4, 0.5) is 5.69 Å². The van der Waals surface area contributed by atoms with Crippen molar-refractivity contribution in [1.82, 2.24) is 14.8 Å². The summed E-state index contributed by atoms with van der Waals surface area (Å²) in [5.41, 5.74) is 6.57. The molecule has 128 valence electrons. The highest BCUT2D eigenvalue weighted by Crippen LogP contribution is 2.26. The van der Waals surface area contributed by atoms with Crippen LogP contribution in [0, 0.1) is 0 Å². The number of amides is 1. The normalized spacial score (nSPS) is 10.4. The van der Waals surface area contributed by atoms with E-state index in [1.165, 1.54) is 0 Å². The first-order chi connectivity index (χ1) is 11.5. The number of carbonyl (C=O) groups excluding carboxylic acids is 1. The van der Waals surface area contributed by atoms with E-state index in [2.05, 4.69) is 22.3 Å². The van der Waals surface area contributed by atoms with Gasteiger partial charge >= 0.3 is 0 Å². The second-order valence-corrected chi connectivity index (χ2v) is 5.63. The number of hydrogen-bond donors (Lipinski definition) is 1. The smallest absolute Gasteiger partial charge is 0.253 e. The molecule has 0 spiro atoms. The molecule has 2 aromatic rings. The van der Waals surface area contributed by atoms with Gasteiger partial charge in [0.15, 0.2) is 5.15 Å². The molecule has 1 amide bonds. The first-order valence-electron chi connectivity index (χ1n) is 7.41. The van der Waals surface area contributed by atoms with Crippen LogP contribution in [0.5, 0.6) is 0 Å². The van der Waals surface area contributed by atoms with Gasteiger partial charge in [-0.3, -0.25) is 9.78 Å². The van der Waals surface area contributed by atoms with Crippen LogP contribution < -0.4 is 10.6 Å². The van der Waals surface area contributed by atoms with Crippen LogP contribution in [0.3, 0.4) is 0 Å². The summed E-state index contributed by atoms with van der Waals surface area (Å²) in [6.45, 7) is 2.66. The fourth-order valence-corrected chi connectivity index (χ4v) is 2.47. The molecule has 0 aliphatic carbocycles. The summed E-state index contributed by atoms with van der Waals surface area (Å²) >= 11 is 10.8. The van der Waals surface area contributed by atoms with Gasteiger partial charge in [0.2, 0.25) is 5.91 Å². The zero-order valence-corrected chi connectivity index (χ0v) is 14.8. The highest BCUT2D eigenvalue weighted by molar-refractivity contribution is 7.80. The molecule has 2 heterocycles. The quantitative estimate of drug-likeness (QED) is 0.597. The Morgan fingerprint density at radius 1 is 1.54 bits per heavy atom. The predicted molar refractivity (Wildman–Crippen MR) is 96.4 cm³/mol. The zero-order valence-electron chi connectivity index (χ0n) is 13.2. The van der Waals surface area contributed by atoms with Gasteiger partial charge in [-0.15, -0.1) is 0 Å². The van der Waals surface area contributed by atoms with Crippen molar-refractivity contribution in [1.29, 1.82) is 0 Å². The lowest BCUT2D eigenvalue weighted by molar-refractivity contribution is -0.118. The first kappa shape index (κ1) is 18.2. The van der Waals surface area contributed by atoms with Gasteiger partial charge in [0.1, 0.15) is 5.69 Å². The maximum atomic E-state index is 12.4. The van der Waals surface area contributed by atoms with Crippen LogP contribution in [0.2, 0.25) is 5.15 Å². The molecular weight excluding hydrogens is 350 g/mol. The lowest BCUT2D eigenvalue weighted by atomic mass is 10.2. The minimum Gasteiger partial charge on any atom is -0.471 e. The molecule has 0 aliphatic heterocycles. The first-order valence-corrected chi connectivity index (χ1v) is 8.19. The van der Waals surface area contributed by atoms with Crippen molar-refractivity contribution in [2.45, 2.75) is 19.8 Å². The Balaban J connectivity index is 2.08. The van der Waals surface area contributed by atoms with Gasteiger partial charge in [0, 0.05) is 19.2 Å². The number of rotatable bonds is 7. The molecule has 24 heavy (non-hydrogen) atoms. The van der Waals surface area contributed by atoms with Gasteiger partial charge in [-0.05, 0) is 37.7 Å². The van der Waals surface area contributed by atoms with E-state index in [0.717, 1.165) is 5.69 Å². The number of carbonyl (C=O) groups is 1. The average Bonchev–Trinajstić information content (AvgIpc) is 2.95. The molecule has 0 aromatic carbocycles. The van der Waals surface area contributed by atoms with E-state index in [1.54, 1.807) is 34.2 Å². The summed E-state index contributed by atoms with van der Waals surface area (Å²) in [6, 6.07) is 3.65. The van der Waals surface area contributed by atoms with Crippen molar-refractivity contribution < 1.29 is 9.53 Å². The molecule has 0 aliphatic rings. The Bertz CT molecular complexity index is 707. The molecule has 9 heteroatoms. The third-order valence-electron chi connectivity index (χ3n) is 3.25. The Kier molecular flexibility index (Phi) is 6.51. The minimum absolute atomic E-state index is 0.0180. The molecule has 0 bridgehead atoms. The number of ether oxygens (including phenoxy) is 1. The molecule has 0 fully saturated rings. The topological polar surface area (TPSA) is 86.3 Å². The molecule has 0 saturated carbocycles. The predicted octanol–water partition coefficient (Wildman–Crippen LogP) is 2.31. The third kappa shape index (κ3) is 4.65. The highest BCUT2D eigenvalue weighted by atomic mass is 35.5. The Morgan fingerprint density at radius 3 is 2.96 bits per heavy atom. The van der Waals surface area contributed by atoms with Crippen LogP contribution in [0.25, 0.3) is 5.69 Å². The van der Waals surface area contributed by atoms with Crippen LogP contribution >= 0.6 is 23.8 Å². The summed E-state index contributed by atoms with van der Waals surface area (Å²) in [6.07, 6.45) is 5.86. The largest absolute Gasteiger partial charge is 0.471 e.